The molecule has 3 nitrogen and oxygen atoms in total. The van der Waals surface area contributed by atoms with E-state index in [0.29, 0.717) is 0 Å². The molecule has 1 atom stereocenters. The van der Waals surface area contributed by atoms with Crippen molar-refractivity contribution in [3.63, 3.8) is 0 Å². The Morgan fingerprint density at radius 2 is 2.24 bits per heavy atom. The standard InChI is InChI=1S/C17H20FN3/c1-19-10-7-16(13-4-2-5-14(18)12-13)21-11-8-15-17(21)6-3-9-20-15/h2-6,9,12,16,19H,7-8,10-11H2,1H3/t16-/m1/s1. The molecular weight excluding hydrogens is 265 g/mol. The molecule has 0 unspecified atom stereocenters. The molecule has 2 aromatic rings. The number of halogens is 1. The van der Waals surface area contributed by atoms with E-state index in [4.69, 9.17) is 0 Å². The topological polar surface area (TPSA) is 28.2 Å². The molecule has 0 aliphatic carbocycles. The Hall–Kier alpha value is -1.94. The molecule has 110 valence electrons. The fourth-order valence-electron chi connectivity index (χ4n) is 3.05. The summed E-state index contributed by atoms with van der Waals surface area (Å²) in [5, 5.41) is 3.19. The molecule has 0 fully saturated rings. The molecular formula is C17H20FN3. The van der Waals surface area contributed by atoms with Gasteiger partial charge in [0.25, 0.3) is 0 Å². The van der Waals surface area contributed by atoms with Gasteiger partial charge >= 0.3 is 0 Å². The summed E-state index contributed by atoms with van der Waals surface area (Å²) < 4.78 is 13.6. The number of fused-ring (bicyclic) bond motifs is 1. The normalized spacial score (nSPS) is 15.0. The second-order valence-electron chi connectivity index (χ2n) is 5.38. The van der Waals surface area contributed by atoms with Crippen LogP contribution >= 0.6 is 0 Å². The number of rotatable bonds is 5. The van der Waals surface area contributed by atoms with Crippen LogP contribution in [0.25, 0.3) is 0 Å². The molecule has 0 bridgehead atoms. The summed E-state index contributed by atoms with van der Waals surface area (Å²) in [6, 6.07) is 11.2. The van der Waals surface area contributed by atoms with Gasteiger partial charge in [-0.05, 0) is 49.8 Å². The van der Waals surface area contributed by atoms with Gasteiger partial charge in [0.1, 0.15) is 5.82 Å². The molecule has 1 aliphatic heterocycles. The predicted molar refractivity (Wildman–Crippen MR) is 83.0 cm³/mol. The van der Waals surface area contributed by atoms with Crippen LogP contribution in [0.5, 0.6) is 0 Å². The first-order valence-electron chi connectivity index (χ1n) is 7.40. The molecule has 3 rings (SSSR count). The number of anilines is 1. The van der Waals surface area contributed by atoms with Gasteiger partial charge in [-0.25, -0.2) is 4.39 Å². The third kappa shape index (κ3) is 2.90. The van der Waals surface area contributed by atoms with E-state index in [-0.39, 0.29) is 11.9 Å². The fourth-order valence-corrected chi connectivity index (χ4v) is 3.05. The van der Waals surface area contributed by atoms with Gasteiger partial charge in [-0.2, -0.15) is 0 Å². The van der Waals surface area contributed by atoms with Crippen molar-refractivity contribution in [3.8, 4) is 0 Å². The van der Waals surface area contributed by atoms with Crippen LogP contribution in [0.1, 0.15) is 23.7 Å². The van der Waals surface area contributed by atoms with E-state index in [1.54, 1.807) is 12.1 Å². The summed E-state index contributed by atoms with van der Waals surface area (Å²) in [5.41, 5.74) is 3.35. The van der Waals surface area contributed by atoms with Crippen molar-refractivity contribution in [2.45, 2.75) is 18.9 Å². The molecule has 21 heavy (non-hydrogen) atoms. The van der Waals surface area contributed by atoms with E-state index in [1.165, 1.54) is 11.8 Å². The van der Waals surface area contributed by atoms with Crippen molar-refractivity contribution in [1.82, 2.24) is 10.3 Å². The van der Waals surface area contributed by atoms with Crippen LogP contribution in [-0.2, 0) is 6.42 Å². The molecule has 0 saturated carbocycles. The van der Waals surface area contributed by atoms with Gasteiger partial charge in [0, 0.05) is 19.2 Å². The maximum Gasteiger partial charge on any atom is 0.123 e. The summed E-state index contributed by atoms with van der Waals surface area (Å²) in [6.07, 6.45) is 3.74. The molecule has 0 amide bonds. The monoisotopic (exact) mass is 285 g/mol. The van der Waals surface area contributed by atoms with Crippen molar-refractivity contribution in [2.75, 3.05) is 25.0 Å². The van der Waals surface area contributed by atoms with Crippen LogP contribution in [0.15, 0.2) is 42.6 Å². The lowest BCUT2D eigenvalue weighted by Crippen LogP contribution is -2.29. The summed E-state index contributed by atoms with van der Waals surface area (Å²) in [7, 11) is 1.95. The Labute approximate surface area is 124 Å². The third-order valence-corrected chi connectivity index (χ3v) is 4.04. The molecule has 4 heteroatoms. The average Bonchev–Trinajstić information content (AvgIpc) is 2.92. The fraction of sp³-hybridized carbons (Fsp3) is 0.353. The Kier molecular flexibility index (Phi) is 4.15. The Balaban J connectivity index is 1.93. The van der Waals surface area contributed by atoms with Gasteiger partial charge in [0.05, 0.1) is 17.4 Å². The number of nitrogens with zero attached hydrogens (tertiary/aromatic N) is 2. The minimum Gasteiger partial charge on any atom is -0.363 e. The van der Waals surface area contributed by atoms with Crippen molar-refractivity contribution in [2.24, 2.45) is 0 Å². The zero-order valence-corrected chi connectivity index (χ0v) is 12.2. The van der Waals surface area contributed by atoms with Crippen LogP contribution in [0.4, 0.5) is 10.1 Å². The SMILES string of the molecule is CNCC[C@H](c1cccc(F)c1)N1CCc2ncccc21. The largest absolute Gasteiger partial charge is 0.363 e. The maximum atomic E-state index is 13.6. The number of aromatic nitrogens is 1. The van der Waals surface area contributed by atoms with Crippen molar-refractivity contribution >= 4 is 5.69 Å². The number of nitrogens with one attached hydrogen (secondary N) is 1. The number of hydrogen-bond acceptors (Lipinski definition) is 3. The molecule has 1 aromatic heterocycles. The van der Waals surface area contributed by atoms with Crippen LogP contribution in [-0.4, -0.2) is 25.1 Å². The lowest BCUT2D eigenvalue weighted by Gasteiger charge is -2.30. The van der Waals surface area contributed by atoms with Crippen molar-refractivity contribution in [3.05, 3.63) is 59.7 Å². The molecule has 0 spiro atoms. The quantitative estimate of drug-likeness (QED) is 0.915. The van der Waals surface area contributed by atoms with Gasteiger partial charge in [0.15, 0.2) is 0 Å². The van der Waals surface area contributed by atoms with Crippen molar-refractivity contribution < 1.29 is 4.39 Å². The first kappa shape index (κ1) is 14.0. The van der Waals surface area contributed by atoms with Crippen LogP contribution in [0.3, 0.4) is 0 Å². The van der Waals surface area contributed by atoms with Crippen LogP contribution in [0.2, 0.25) is 0 Å². The predicted octanol–water partition coefficient (Wildman–Crippen LogP) is 2.93. The average molecular weight is 285 g/mol. The Morgan fingerprint density at radius 3 is 3.05 bits per heavy atom. The Morgan fingerprint density at radius 1 is 1.33 bits per heavy atom. The second kappa shape index (κ2) is 6.22. The summed E-state index contributed by atoms with van der Waals surface area (Å²) >= 11 is 0. The second-order valence-corrected chi connectivity index (χ2v) is 5.38. The zero-order valence-electron chi connectivity index (χ0n) is 12.2. The number of benzene rings is 1. The number of hydrogen-bond donors (Lipinski definition) is 1. The highest BCUT2D eigenvalue weighted by Crippen LogP contribution is 2.35. The van der Waals surface area contributed by atoms with Crippen LogP contribution < -0.4 is 10.2 Å². The third-order valence-electron chi connectivity index (χ3n) is 4.04. The lowest BCUT2D eigenvalue weighted by molar-refractivity contribution is 0.561. The first-order chi connectivity index (χ1) is 10.3. The molecule has 1 aliphatic rings. The minimum absolute atomic E-state index is 0.174. The molecule has 2 heterocycles. The van der Waals surface area contributed by atoms with Crippen molar-refractivity contribution in [1.29, 1.82) is 0 Å². The van der Waals surface area contributed by atoms with E-state index in [2.05, 4.69) is 21.3 Å². The highest BCUT2D eigenvalue weighted by atomic mass is 19.1. The van der Waals surface area contributed by atoms with E-state index in [1.807, 2.05) is 25.4 Å². The molecule has 0 saturated heterocycles. The van der Waals surface area contributed by atoms with E-state index in [0.717, 1.165) is 37.2 Å². The lowest BCUT2D eigenvalue weighted by atomic mass is 10.0. The summed E-state index contributed by atoms with van der Waals surface area (Å²) in [4.78, 5) is 6.81. The molecule has 0 radical (unpaired) electrons. The van der Waals surface area contributed by atoms with Gasteiger partial charge in [0.2, 0.25) is 0 Å². The first-order valence-corrected chi connectivity index (χ1v) is 7.40. The van der Waals surface area contributed by atoms with E-state index < -0.39 is 0 Å². The number of pyridine rings is 1. The molecule has 1 aromatic carbocycles. The molecule has 1 N–H and O–H groups in total. The smallest absolute Gasteiger partial charge is 0.123 e. The van der Waals surface area contributed by atoms with Gasteiger partial charge in [-0.1, -0.05) is 12.1 Å². The zero-order chi connectivity index (χ0) is 14.7. The highest BCUT2D eigenvalue weighted by molar-refractivity contribution is 5.56. The van der Waals surface area contributed by atoms with Crippen LogP contribution in [0, 0.1) is 5.82 Å². The highest BCUT2D eigenvalue weighted by Gasteiger charge is 2.27. The maximum absolute atomic E-state index is 13.6. The van der Waals surface area contributed by atoms with E-state index in [9.17, 15) is 4.39 Å². The van der Waals surface area contributed by atoms with Gasteiger partial charge in [-0.15, -0.1) is 0 Å². The summed E-state index contributed by atoms with van der Waals surface area (Å²) in [6.45, 7) is 1.84. The minimum atomic E-state index is -0.174. The summed E-state index contributed by atoms with van der Waals surface area (Å²) in [5.74, 6) is -0.174. The van der Waals surface area contributed by atoms with Gasteiger partial charge in [-0.3, -0.25) is 4.98 Å². The van der Waals surface area contributed by atoms with Gasteiger partial charge < -0.3 is 10.2 Å². The van der Waals surface area contributed by atoms with E-state index >= 15 is 0 Å². The Bertz CT molecular complexity index is 614.